The standard InChI is InChI=1S/C15H21FN2/c1-2-3-4-8-17-9-11-18-10-7-13-5-6-14(16)12-15(13)18/h5-7,10,12,17H,2-4,8-9,11H2,1H3. The first-order chi connectivity index (χ1) is 8.81. The second-order valence-corrected chi connectivity index (χ2v) is 4.67. The van der Waals surface area contributed by atoms with Gasteiger partial charge in [-0.05, 0) is 42.6 Å². The van der Waals surface area contributed by atoms with Gasteiger partial charge in [0.2, 0.25) is 0 Å². The van der Waals surface area contributed by atoms with Gasteiger partial charge in [0.05, 0.1) is 5.52 Å². The zero-order valence-electron chi connectivity index (χ0n) is 11.0. The third kappa shape index (κ3) is 3.33. The van der Waals surface area contributed by atoms with Gasteiger partial charge < -0.3 is 9.88 Å². The van der Waals surface area contributed by atoms with Gasteiger partial charge in [-0.15, -0.1) is 0 Å². The molecule has 98 valence electrons. The molecule has 1 aromatic heterocycles. The number of fused-ring (bicyclic) bond motifs is 1. The number of nitrogens with one attached hydrogen (secondary N) is 1. The van der Waals surface area contributed by atoms with E-state index in [2.05, 4.69) is 16.8 Å². The molecule has 0 aliphatic rings. The van der Waals surface area contributed by atoms with Gasteiger partial charge in [-0.25, -0.2) is 4.39 Å². The highest BCUT2D eigenvalue weighted by atomic mass is 19.1. The largest absolute Gasteiger partial charge is 0.346 e. The van der Waals surface area contributed by atoms with Crippen LogP contribution in [0.1, 0.15) is 26.2 Å². The van der Waals surface area contributed by atoms with E-state index in [0.717, 1.165) is 30.5 Å². The van der Waals surface area contributed by atoms with Gasteiger partial charge in [-0.1, -0.05) is 19.8 Å². The maximum Gasteiger partial charge on any atom is 0.125 e. The number of aromatic nitrogens is 1. The molecule has 0 radical (unpaired) electrons. The van der Waals surface area contributed by atoms with Crippen LogP contribution in [-0.2, 0) is 6.54 Å². The van der Waals surface area contributed by atoms with E-state index in [0.29, 0.717) is 0 Å². The molecule has 2 nitrogen and oxygen atoms in total. The van der Waals surface area contributed by atoms with Crippen LogP contribution in [0.4, 0.5) is 4.39 Å². The molecule has 0 fully saturated rings. The van der Waals surface area contributed by atoms with Gasteiger partial charge in [-0.2, -0.15) is 0 Å². The van der Waals surface area contributed by atoms with Crippen LogP contribution >= 0.6 is 0 Å². The van der Waals surface area contributed by atoms with Crippen LogP contribution in [0, 0.1) is 5.82 Å². The van der Waals surface area contributed by atoms with Gasteiger partial charge in [0.1, 0.15) is 5.82 Å². The van der Waals surface area contributed by atoms with E-state index < -0.39 is 0 Å². The van der Waals surface area contributed by atoms with E-state index in [1.807, 2.05) is 18.3 Å². The Kier molecular flexibility index (Phi) is 4.76. The van der Waals surface area contributed by atoms with Crippen molar-refractivity contribution in [2.24, 2.45) is 0 Å². The normalized spacial score (nSPS) is 11.2. The molecule has 0 amide bonds. The average Bonchev–Trinajstić information content (AvgIpc) is 2.76. The van der Waals surface area contributed by atoms with Gasteiger partial charge in [0.15, 0.2) is 0 Å². The molecular weight excluding hydrogens is 227 g/mol. The lowest BCUT2D eigenvalue weighted by atomic mass is 10.2. The van der Waals surface area contributed by atoms with E-state index >= 15 is 0 Å². The fourth-order valence-corrected chi connectivity index (χ4v) is 2.18. The van der Waals surface area contributed by atoms with Crippen molar-refractivity contribution in [1.82, 2.24) is 9.88 Å². The molecule has 1 heterocycles. The second kappa shape index (κ2) is 6.55. The Morgan fingerprint density at radius 2 is 2.06 bits per heavy atom. The summed E-state index contributed by atoms with van der Waals surface area (Å²) in [7, 11) is 0. The van der Waals surface area contributed by atoms with Crippen molar-refractivity contribution in [3.8, 4) is 0 Å². The van der Waals surface area contributed by atoms with Crippen molar-refractivity contribution in [1.29, 1.82) is 0 Å². The number of halogens is 1. The zero-order valence-corrected chi connectivity index (χ0v) is 11.0. The molecule has 0 aliphatic carbocycles. The number of unbranched alkanes of at least 4 members (excludes halogenated alkanes) is 2. The first kappa shape index (κ1) is 13.1. The lowest BCUT2D eigenvalue weighted by molar-refractivity contribution is 0.575. The minimum absolute atomic E-state index is 0.168. The highest BCUT2D eigenvalue weighted by Crippen LogP contribution is 2.16. The number of rotatable bonds is 7. The van der Waals surface area contributed by atoms with Crippen molar-refractivity contribution < 1.29 is 4.39 Å². The second-order valence-electron chi connectivity index (χ2n) is 4.67. The van der Waals surface area contributed by atoms with E-state index in [1.165, 1.54) is 25.3 Å². The molecule has 18 heavy (non-hydrogen) atoms. The fourth-order valence-electron chi connectivity index (χ4n) is 2.18. The van der Waals surface area contributed by atoms with Crippen LogP contribution < -0.4 is 5.32 Å². The van der Waals surface area contributed by atoms with Gasteiger partial charge >= 0.3 is 0 Å². The van der Waals surface area contributed by atoms with Crippen LogP contribution in [0.5, 0.6) is 0 Å². The van der Waals surface area contributed by atoms with E-state index in [9.17, 15) is 4.39 Å². The summed E-state index contributed by atoms with van der Waals surface area (Å²) >= 11 is 0. The number of benzene rings is 1. The monoisotopic (exact) mass is 248 g/mol. The summed E-state index contributed by atoms with van der Waals surface area (Å²) < 4.78 is 15.3. The van der Waals surface area contributed by atoms with Crippen LogP contribution in [0.3, 0.4) is 0 Å². The van der Waals surface area contributed by atoms with Crippen molar-refractivity contribution >= 4 is 10.9 Å². The van der Waals surface area contributed by atoms with Crippen molar-refractivity contribution in [2.75, 3.05) is 13.1 Å². The van der Waals surface area contributed by atoms with E-state index in [1.54, 1.807) is 6.07 Å². The molecule has 1 N–H and O–H groups in total. The molecule has 1 aromatic carbocycles. The Balaban J connectivity index is 1.86. The molecule has 0 bridgehead atoms. The first-order valence-electron chi connectivity index (χ1n) is 6.76. The molecule has 0 atom stereocenters. The molecule has 0 saturated carbocycles. The maximum absolute atomic E-state index is 13.2. The molecule has 3 heteroatoms. The van der Waals surface area contributed by atoms with Crippen molar-refractivity contribution in [3.05, 3.63) is 36.3 Å². The molecule has 0 unspecified atom stereocenters. The molecular formula is C15H21FN2. The Labute approximate surface area is 108 Å². The van der Waals surface area contributed by atoms with Crippen LogP contribution in [0.15, 0.2) is 30.5 Å². The summed E-state index contributed by atoms with van der Waals surface area (Å²) in [5.74, 6) is -0.168. The number of nitrogens with zero attached hydrogens (tertiary/aromatic N) is 1. The molecule has 0 spiro atoms. The lowest BCUT2D eigenvalue weighted by Gasteiger charge is -2.07. The van der Waals surface area contributed by atoms with E-state index in [-0.39, 0.29) is 5.82 Å². The Morgan fingerprint density at radius 3 is 2.89 bits per heavy atom. The Hall–Kier alpha value is -1.35. The van der Waals surface area contributed by atoms with Crippen molar-refractivity contribution in [3.63, 3.8) is 0 Å². The van der Waals surface area contributed by atoms with Crippen LogP contribution in [0.25, 0.3) is 10.9 Å². The molecule has 0 saturated heterocycles. The predicted octanol–water partition coefficient (Wildman–Crippen LogP) is 3.56. The minimum Gasteiger partial charge on any atom is -0.346 e. The smallest absolute Gasteiger partial charge is 0.125 e. The summed E-state index contributed by atoms with van der Waals surface area (Å²) in [6, 6.07) is 6.98. The van der Waals surface area contributed by atoms with Gasteiger partial charge in [0, 0.05) is 19.3 Å². The Bertz CT molecular complexity index is 490. The highest BCUT2D eigenvalue weighted by Gasteiger charge is 2.01. The quantitative estimate of drug-likeness (QED) is 0.741. The fraction of sp³-hybridized carbons (Fsp3) is 0.467. The molecule has 2 rings (SSSR count). The summed E-state index contributed by atoms with van der Waals surface area (Å²) in [6.07, 6.45) is 5.79. The van der Waals surface area contributed by atoms with E-state index in [4.69, 9.17) is 0 Å². The Morgan fingerprint density at radius 1 is 1.17 bits per heavy atom. The highest BCUT2D eigenvalue weighted by molar-refractivity contribution is 5.80. The SMILES string of the molecule is CCCCCNCCn1ccc2ccc(F)cc21. The molecule has 0 aliphatic heterocycles. The van der Waals surface area contributed by atoms with Gasteiger partial charge in [-0.3, -0.25) is 0 Å². The van der Waals surface area contributed by atoms with Crippen molar-refractivity contribution in [2.45, 2.75) is 32.7 Å². The zero-order chi connectivity index (χ0) is 12.8. The average molecular weight is 248 g/mol. The summed E-state index contributed by atoms with van der Waals surface area (Å²) in [5, 5.41) is 4.52. The maximum atomic E-state index is 13.2. The van der Waals surface area contributed by atoms with Crippen LogP contribution in [0.2, 0.25) is 0 Å². The van der Waals surface area contributed by atoms with Gasteiger partial charge in [0.25, 0.3) is 0 Å². The third-order valence-corrected chi connectivity index (χ3v) is 3.22. The summed E-state index contributed by atoms with van der Waals surface area (Å²) in [6.45, 7) is 5.10. The summed E-state index contributed by atoms with van der Waals surface area (Å²) in [5.41, 5.74) is 0.977. The number of hydrogen-bond donors (Lipinski definition) is 1. The molecule has 2 aromatic rings. The first-order valence-corrected chi connectivity index (χ1v) is 6.76. The minimum atomic E-state index is -0.168. The van der Waals surface area contributed by atoms with Crippen LogP contribution in [-0.4, -0.2) is 17.7 Å². The predicted molar refractivity (Wildman–Crippen MR) is 74.3 cm³/mol. The topological polar surface area (TPSA) is 17.0 Å². The third-order valence-electron chi connectivity index (χ3n) is 3.22. The number of hydrogen-bond acceptors (Lipinski definition) is 1. The summed E-state index contributed by atoms with van der Waals surface area (Å²) in [4.78, 5) is 0. The lowest BCUT2D eigenvalue weighted by Crippen LogP contribution is -2.20.